The predicted molar refractivity (Wildman–Crippen MR) is 116 cm³/mol. The summed E-state index contributed by atoms with van der Waals surface area (Å²) in [6, 6.07) is 17.2. The molecule has 3 heterocycles. The summed E-state index contributed by atoms with van der Waals surface area (Å²) in [5.74, 6) is 0.142. The van der Waals surface area contributed by atoms with Crippen LogP contribution in [-0.2, 0) is 6.42 Å². The number of carbonyl (C=O) groups is 2. The number of aromatic nitrogens is 3. The molecule has 0 fully saturated rings. The van der Waals surface area contributed by atoms with Gasteiger partial charge in [-0.2, -0.15) is 5.10 Å². The van der Waals surface area contributed by atoms with Crippen LogP contribution in [-0.4, -0.2) is 45.1 Å². The van der Waals surface area contributed by atoms with Crippen molar-refractivity contribution < 1.29 is 14.3 Å². The van der Waals surface area contributed by atoms with Gasteiger partial charge in [0.1, 0.15) is 5.75 Å². The van der Waals surface area contributed by atoms with E-state index in [0.717, 1.165) is 17.0 Å². The van der Waals surface area contributed by atoms with E-state index in [1.807, 2.05) is 61.5 Å². The molecule has 0 atom stereocenters. The van der Waals surface area contributed by atoms with Gasteiger partial charge in [-0.15, -0.1) is 0 Å². The third-order valence-electron chi connectivity index (χ3n) is 5.59. The van der Waals surface area contributed by atoms with Crippen LogP contribution in [0.3, 0.4) is 0 Å². The van der Waals surface area contributed by atoms with Gasteiger partial charge in [-0.25, -0.2) is 9.67 Å². The fraction of sp³-hybridized carbons (Fsp3) is 0.167. The van der Waals surface area contributed by atoms with E-state index in [2.05, 4.69) is 10.1 Å². The number of benzene rings is 2. The minimum Gasteiger partial charge on any atom is -0.497 e. The summed E-state index contributed by atoms with van der Waals surface area (Å²) >= 11 is 0. The van der Waals surface area contributed by atoms with Crippen molar-refractivity contribution in [2.45, 2.75) is 13.3 Å². The molecular formula is C24H20N4O3. The highest BCUT2D eigenvalue weighted by atomic mass is 16.5. The van der Waals surface area contributed by atoms with E-state index in [9.17, 15) is 9.59 Å². The molecule has 0 N–H and O–H groups in total. The number of carbonyl (C=O) groups excluding carboxylic acids is 2. The Kier molecular flexibility index (Phi) is 4.51. The Bertz CT molecular complexity index is 1310. The summed E-state index contributed by atoms with van der Waals surface area (Å²) in [4.78, 5) is 32.0. The van der Waals surface area contributed by atoms with Gasteiger partial charge in [0.2, 0.25) is 0 Å². The van der Waals surface area contributed by atoms with Crippen molar-refractivity contribution in [3.8, 4) is 11.4 Å². The van der Waals surface area contributed by atoms with Crippen molar-refractivity contribution >= 4 is 22.8 Å². The Balaban J connectivity index is 1.54. The first-order valence-corrected chi connectivity index (χ1v) is 10.0. The molecule has 1 aliphatic heterocycles. The standard InChI is InChI=1S/C24H20N4O3/c1-15-20-21-19(23(29)27(24(21)30)13-12-16-6-4-3-5-7-16)14-25-22(20)28(26-15)17-8-10-18(31-2)11-9-17/h3-11,14H,12-13H2,1-2H3. The van der Waals surface area contributed by atoms with Crippen LogP contribution in [0.25, 0.3) is 16.7 Å². The van der Waals surface area contributed by atoms with Gasteiger partial charge in [0.25, 0.3) is 11.8 Å². The molecule has 0 spiro atoms. The van der Waals surface area contributed by atoms with Crippen LogP contribution < -0.4 is 4.74 Å². The Morgan fingerprint density at radius 3 is 2.42 bits per heavy atom. The van der Waals surface area contributed by atoms with E-state index in [0.29, 0.717) is 40.8 Å². The van der Waals surface area contributed by atoms with Crippen molar-refractivity contribution in [1.82, 2.24) is 19.7 Å². The predicted octanol–water partition coefficient (Wildman–Crippen LogP) is 3.58. The fourth-order valence-corrected chi connectivity index (χ4v) is 4.00. The van der Waals surface area contributed by atoms with E-state index in [-0.39, 0.29) is 11.8 Å². The molecule has 7 nitrogen and oxygen atoms in total. The molecule has 0 radical (unpaired) electrons. The lowest BCUT2D eigenvalue weighted by atomic mass is 10.1. The molecule has 0 unspecified atom stereocenters. The van der Waals surface area contributed by atoms with Crippen LogP contribution >= 0.6 is 0 Å². The SMILES string of the molecule is COc1ccc(-n2nc(C)c3c4c(cnc32)C(=O)N(CCc2ccccc2)C4=O)cc1. The second-order valence-electron chi connectivity index (χ2n) is 7.44. The van der Waals surface area contributed by atoms with Crippen molar-refractivity contribution in [3.05, 3.63) is 83.2 Å². The number of nitrogens with zero attached hydrogens (tertiary/aromatic N) is 4. The van der Waals surface area contributed by atoms with Crippen LogP contribution in [0.5, 0.6) is 5.75 Å². The Morgan fingerprint density at radius 1 is 0.968 bits per heavy atom. The van der Waals surface area contributed by atoms with Gasteiger partial charge < -0.3 is 4.74 Å². The van der Waals surface area contributed by atoms with Crippen LogP contribution in [0.2, 0.25) is 0 Å². The molecule has 0 saturated carbocycles. The minimum absolute atomic E-state index is 0.291. The van der Waals surface area contributed by atoms with Crippen LogP contribution in [0, 0.1) is 6.92 Å². The Hall–Kier alpha value is -4.00. The molecule has 0 bridgehead atoms. The maximum Gasteiger partial charge on any atom is 0.263 e. The molecule has 31 heavy (non-hydrogen) atoms. The number of ether oxygens (including phenoxy) is 1. The second-order valence-corrected chi connectivity index (χ2v) is 7.44. The zero-order valence-electron chi connectivity index (χ0n) is 17.2. The minimum atomic E-state index is -0.304. The van der Waals surface area contributed by atoms with Crippen LogP contribution in [0.15, 0.2) is 60.8 Å². The molecule has 1 aliphatic rings. The van der Waals surface area contributed by atoms with Crippen molar-refractivity contribution in [2.24, 2.45) is 0 Å². The van der Waals surface area contributed by atoms with Gasteiger partial charge >= 0.3 is 0 Å². The zero-order chi connectivity index (χ0) is 21.5. The number of pyridine rings is 1. The van der Waals surface area contributed by atoms with Crippen molar-refractivity contribution in [3.63, 3.8) is 0 Å². The summed E-state index contributed by atoms with van der Waals surface area (Å²) in [6.45, 7) is 2.15. The van der Waals surface area contributed by atoms with E-state index in [1.165, 1.54) is 11.1 Å². The Labute approximate surface area is 178 Å². The number of amides is 2. The lowest BCUT2D eigenvalue weighted by molar-refractivity contribution is 0.0656. The number of aryl methyl sites for hydroxylation is 1. The number of fused-ring (bicyclic) bond motifs is 3. The quantitative estimate of drug-likeness (QED) is 0.468. The molecule has 5 rings (SSSR count). The largest absolute Gasteiger partial charge is 0.497 e. The average molecular weight is 412 g/mol. The third-order valence-corrected chi connectivity index (χ3v) is 5.59. The fourth-order valence-electron chi connectivity index (χ4n) is 4.00. The lowest BCUT2D eigenvalue weighted by Crippen LogP contribution is -2.31. The van der Waals surface area contributed by atoms with Gasteiger partial charge in [0.05, 0.1) is 35.0 Å². The van der Waals surface area contributed by atoms with Gasteiger partial charge in [-0.05, 0) is 43.2 Å². The molecule has 2 aromatic carbocycles. The summed E-state index contributed by atoms with van der Waals surface area (Å²) in [5.41, 5.74) is 3.80. The van der Waals surface area contributed by atoms with Gasteiger partial charge in [-0.1, -0.05) is 30.3 Å². The number of rotatable bonds is 5. The van der Waals surface area contributed by atoms with E-state index < -0.39 is 0 Å². The number of imide groups is 1. The highest BCUT2D eigenvalue weighted by molar-refractivity contribution is 6.26. The van der Waals surface area contributed by atoms with Gasteiger partial charge in [-0.3, -0.25) is 14.5 Å². The molecule has 154 valence electrons. The normalized spacial score (nSPS) is 13.2. The monoisotopic (exact) mass is 412 g/mol. The van der Waals surface area contributed by atoms with Crippen LogP contribution in [0.4, 0.5) is 0 Å². The molecule has 7 heteroatoms. The lowest BCUT2D eigenvalue weighted by Gasteiger charge is -2.13. The zero-order valence-corrected chi connectivity index (χ0v) is 17.2. The van der Waals surface area contributed by atoms with Crippen LogP contribution in [0.1, 0.15) is 32.0 Å². The number of hydrogen-bond donors (Lipinski definition) is 0. The maximum atomic E-state index is 13.2. The summed E-state index contributed by atoms with van der Waals surface area (Å²) < 4.78 is 6.91. The third kappa shape index (κ3) is 3.06. The smallest absolute Gasteiger partial charge is 0.263 e. The number of methoxy groups -OCH3 is 1. The highest BCUT2D eigenvalue weighted by Gasteiger charge is 2.38. The molecular weight excluding hydrogens is 392 g/mol. The van der Waals surface area contributed by atoms with Crippen molar-refractivity contribution in [1.29, 1.82) is 0 Å². The van der Waals surface area contributed by atoms with Gasteiger partial charge in [0.15, 0.2) is 5.65 Å². The maximum absolute atomic E-state index is 13.2. The summed E-state index contributed by atoms with van der Waals surface area (Å²) in [6.07, 6.45) is 2.09. The first kappa shape index (κ1) is 19.0. The Morgan fingerprint density at radius 2 is 1.71 bits per heavy atom. The van der Waals surface area contributed by atoms with Crippen molar-refractivity contribution in [2.75, 3.05) is 13.7 Å². The summed E-state index contributed by atoms with van der Waals surface area (Å²) in [5, 5.41) is 5.22. The first-order chi connectivity index (χ1) is 15.1. The highest BCUT2D eigenvalue weighted by Crippen LogP contribution is 2.32. The molecule has 0 aliphatic carbocycles. The topological polar surface area (TPSA) is 77.3 Å². The second kappa shape index (κ2) is 7.36. The molecule has 2 amide bonds. The number of hydrogen-bond acceptors (Lipinski definition) is 5. The molecule has 0 saturated heterocycles. The average Bonchev–Trinajstić information content (AvgIpc) is 3.27. The van der Waals surface area contributed by atoms with E-state index in [1.54, 1.807) is 11.8 Å². The van der Waals surface area contributed by atoms with E-state index in [4.69, 9.17) is 4.74 Å². The molecule has 4 aromatic rings. The molecule has 2 aromatic heterocycles. The van der Waals surface area contributed by atoms with E-state index >= 15 is 0 Å². The summed E-state index contributed by atoms with van der Waals surface area (Å²) in [7, 11) is 1.61. The van der Waals surface area contributed by atoms with Gasteiger partial charge in [0, 0.05) is 12.7 Å². The first-order valence-electron chi connectivity index (χ1n) is 10.0.